The number of aryl methyl sites for hydroxylation is 1. The molecule has 7 heteroatoms. The molecule has 168 valence electrons. The number of carbonyl (C=O) groups is 1. The molecule has 1 N–H and O–H groups in total. The number of benzene rings is 2. The molecule has 1 unspecified atom stereocenters. The van der Waals surface area contributed by atoms with Crippen molar-refractivity contribution in [3.63, 3.8) is 0 Å². The van der Waals surface area contributed by atoms with Crippen molar-refractivity contribution >= 4 is 17.5 Å². The maximum Gasteiger partial charge on any atom is 0.241 e. The van der Waals surface area contributed by atoms with Gasteiger partial charge >= 0.3 is 0 Å². The third-order valence-corrected chi connectivity index (χ3v) is 6.43. The van der Waals surface area contributed by atoms with E-state index in [4.69, 9.17) is 16.1 Å². The summed E-state index contributed by atoms with van der Waals surface area (Å²) in [6, 6.07) is 15.7. The molecule has 1 amide bonds. The smallest absolute Gasteiger partial charge is 0.241 e. The maximum atomic E-state index is 12.9. The van der Waals surface area contributed by atoms with E-state index in [9.17, 15) is 4.79 Å². The van der Waals surface area contributed by atoms with Crippen molar-refractivity contribution < 1.29 is 9.32 Å². The summed E-state index contributed by atoms with van der Waals surface area (Å²) in [5, 5.41) is 8.03. The second-order valence-electron chi connectivity index (χ2n) is 8.40. The number of hydrogen-bond acceptors (Lipinski definition) is 5. The van der Waals surface area contributed by atoms with Crippen molar-refractivity contribution in [2.45, 2.75) is 45.7 Å². The number of halogens is 1. The zero-order valence-electron chi connectivity index (χ0n) is 18.6. The van der Waals surface area contributed by atoms with Gasteiger partial charge in [-0.2, -0.15) is 4.98 Å². The molecule has 6 nitrogen and oxygen atoms in total. The van der Waals surface area contributed by atoms with E-state index in [-0.39, 0.29) is 17.9 Å². The number of nitrogens with one attached hydrogen (secondary N) is 1. The van der Waals surface area contributed by atoms with E-state index in [1.54, 1.807) is 0 Å². The molecule has 1 saturated heterocycles. The van der Waals surface area contributed by atoms with E-state index in [1.165, 1.54) is 11.1 Å². The number of piperidine rings is 1. The molecule has 1 aliphatic rings. The van der Waals surface area contributed by atoms with Gasteiger partial charge in [0.2, 0.25) is 17.6 Å². The average molecular weight is 453 g/mol. The van der Waals surface area contributed by atoms with Crippen LogP contribution in [0.1, 0.15) is 49.2 Å². The zero-order valence-corrected chi connectivity index (χ0v) is 19.3. The lowest BCUT2D eigenvalue weighted by atomic mass is 9.94. The molecule has 1 atom stereocenters. The molecule has 2 aromatic carbocycles. The maximum absolute atomic E-state index is 12.9. The summed E-state index contributed by atoms with van der Waals surface area (Å²) in [6.07, 6.45) is 2.53. The standard InChI is InChI=1S/C25H29ClN4O2/c1-3-22(21-7-5-4-6-17(21)2)27-25(31)19-12-14-30(15-13-19)16-23-28-24(29-32-23)18-8-10-20(26)11-9-18/h4-11,19,22H,3,12-16H2,1-2H3,(H,27,31). The SMILES string of the molecule is CCC(NC(=O)C1CCN(Cc2nc(-c3ccc(Cl)cc3)no2)CC1)c1ccccc1C. The fourth-order valence-electron chi connectivity index (χ4n) is 4.25. The molecule has 0 bridgehead atoms. The monoisotopic (exact) mass is 452 g/mol. The quantitative estimate of drug-likeness (QED) is 0.535. The van der Waals surface area contributed by atoms with Gasteiger partial charge in [0, 0.05) is 16.5 Å². The number of carbonyl (C=O) groups excluding carboxylic acids is 1. The van der Waals surface area contributed by atoms with Gasteiger partial charge in [-0.05, 0) is 74.7 Å². The minimum Gasteiger partial charge on any atom is -0.349 e. The van der Waals surface area contributed by atoms with E-state index in [2.05, 4.69) is 46.3 Å². The van der Waals surface area contributed by atoms with Crippen molar-refractivity contribution in [1.82, 2.24) is 20.4 Å². The third-order valence-electron chi connectivity index (χ3n) is 6.18. The lowest BCUT2D eigenvalue weighted by Crippen LogP contribution is -2.41. The molecule has 4 rings (SSSR count). The Morgan fingerprint density at radius 2 is 1.91 bits per heavy atom. The van der Waals surface area contributed by atoms with E-state index < -0.39 is 0 Å². The Balaban J connectivity index is 1.29. The van der Waals surface area contributed by atoms with Crippen molar-refractivity contribution in [2.24, 2.45) is 5.92 Å². The van der Waals surface area contributed by atoms with Crippen LogP contribution in [-0.4, -0.2) is 34.0 Å². The van der Waals surface area contributed by atoms with Crippen LogP contribution < -0.4 is 5.32 Å². The minimum atomic E-state index is 0.0385. The van der Waals surface area contributed by atoms with Crippen LogP contribution in [0.5, 0.6) is 0 Å². The first-order valence-electron chi connectivity index (χ1n) is 11.2. The van der Waals surface area contributed by atoms with E-state index in [0.29, 0.717) is 23.3 Å². The molecule has 0 saturated carbocycles. The summed E-state index contributed by atoms with van der Waals surface area (Å²) >= 11 is 5.94. The minimum absolute atomic E-state index is 0.0385. The van der Waals surface area contributed by atoms with Crippen molar-refractivity contribution in [3.05, 3.63) is 70.6 Å². The highest BCUT2D eigenvalue weighted by molar-refractivity contribution is 6.30. The van der Waals surface area contributed by atoms with Crippen LogP contribution in [0.25, 0.3) is 11.4 Å². The number of hydrogen-bond donors (Lipinski definition) is 1. The second-order valence-corrected chi connectivity index (χ2v) is 8.83. The van der Waals surface area contributed by atoms with Gasteiger partial charge in [-0.3, -0.25) is 9.69 Å². The lowest BCUT2D eigenvalue weighted by Gasteiger charge is -2.31. The number of amides is 1. The highest BCUT2D eigenvalue weighted by atomic mass is 35.5. The molecule has 1 aromatic heterocycles. The van der Waals surface area contributed by atoms with Gasteiger partial charge < -0.3 is 9.84 Å². The second kappa shape index (κ2) is 10.3. The molecule has 0 spiro atoms. The number of aromatic nitrogens is 2. The molecule has 0 aliphatic carbocycles. The van der Waals surface area contributed by atoms with Crippen LogP contribution in [-0.2, 0) is 11.3 Å². The zero-order chi connectivity index (χ0) is 22.5. The molecule has 2 heterocycles. The van der Waals surface area contributed by atoms with Crippen LogP contribution in [0.3, 0.4) is 0 Å². The topological polar surface area (TPSA) is 71.3 Å². The number of nitrogens with zero attached hydrogens (tertiary/aromatic N) is 3. The summed E-state index contributed by atoms with van der Waals surface area (Å²) in [5.74, 6) is 1.34. The third kappa shape index (κ3) is 5.37. The molecule has 32 heavy (non-hydrogen) atoms. The first kappa shape index (κ1) is 22.5. The highest BCUT2D eigenvalue weighted by Crippen LogP contribution is 2.24. The van der Waals surface area contributed by atoms with Crippen molar-refractivity contribution in [2.75, 3.05) is 13.1 Å². The lowest BCUT2D eigenvalue weighted by molar-refractivity contribution is -0.127. The van der Waals surface area contributed by atoms with E-state index >= 15 is 0 Å². The van der Waals surface area contributed by atoms with Crippen LogP contribution >= 0.6 is 11.6 Å². The first-order chi connectivity index (χ1) is 15.5. The Morgan fingerprint density at radius 3 is 2.59 bits per heavy atom. The fraction of sp³-hybridized carbons (Fsp3) is 0.400. The summed E-state index contributed by atoms with van der Waals surface area (Å²) in [6.45, 7) is 6.47. The Kier molecular flexibility index (Phi) is 7.22. The normalized spacial score (nSPS) is 16.1. The van der Waals surface area contributed by atoms with Gasteiger partial charge in [0.05, 0.1) is 12.6 Å². The van der Waals surface area contributed by atoms with E-state index in [1.807, 2.05) is 36.4 Å². The Labute approximate surface area is 194 Å². The number of likely N-dealkylation sites (tertiary alicyclic amines) is 1. The average Bonchev–Trinajstić information content (AvgIpc) is 3.27. The molecular formula is C25H29ClN4O2. The van der Waals surface area contributed by atoms with Gasteiger partial charge in [-0.25, -0.2) is 0 Å². The Morgan fingerprint density at radius 1 is 1.19 bits per heavy atom. The Hall–Kier alpha value is -2.70. The van der Waals surface area contributed by atoms with Gasteiger partial charge in [0.25, 0.3) is 0 Å². The molecular weight excluding hydrogens is 424 g/mol. The van der Waals surface area contributed by atoms with Gasteiger partial charge in [-0.1, -0.05) is 47.9 Å². The molecule has 3 aromatic rings. The van der Waals surface area contributed by atoms with Crippen LogP contribution in [0, 0.1) is 12.8 Å². The van der Waals surface area contributed by atoms with Crippen LogP contribution in [0.15, 0.2) is 53.1 Å². The van der Waals surface area contributed by atoms with Gasteiger partial charge in [0.1, 0.15) is 0 Å². The van der Waals surface area contributed by atoms with Crippen molar-refractivity contribution in [3.8, 4) is 11.4 Å². The summed E-state index contributed by atoms with van der Waals surface area (Å²) < 4.78 is 5.44. The van der Waals surface area contributed by atoms with Gasteiger partial charge in [-0.15, -0.1) is 0 Å². The predicted octanol–water partition coefficient (Wildman–Crippen LogP) is 5.18. The predicted molar refractivity (Wildman–Crippen MR) is 125 cm³/mol. The first-order valence-corrected chi connectivity index (χ1v) is 11.6. The summed E-state index contributed by atoms with van der Waals surface area (Å²) in [7, 11) is 0. The highest BCUT2D eigenvalue weighted by Gasteiger charge is 2.27. The molecule has 1 fully saturated rings. The fourth-order valence-corrected chi connectivity index (χ4v) is 4.37. The van der Waals surface area contributed by atoms with Crippen LogP contribution in [0.4, 0.5) is 0 Å². The largest absolute Gasteiger partial charge is 0.349 e. The molecule has 1 aliphatic heterocycles. The summed E-state index contributed by atoms with van der Waals surface area (Å²) in [5.41, 5.74) is 3.29. The van der Waals surface area contributed by atoms with Crippen LogP contribution in [0.2, 0.25) is 5.02 Å². The van der Waals surface area contributed by atoms with Gasteiger partial charge in [0.15, 0.2) is 0 Å². The van der Waals surface area contributed by atoms with E-state index in [0.717, 1.165) is 37.9 Å². The Bertz CT molecular complexity index is 1040. The number of rotatable bonds is 7. The summed E-state index contributed by atoms with van der Waals surface area (Å²) in [4.78, 5) is 19.7. The molecule has 0 radical (unpaired) electrons. The van der Waals surface area contributed by atoms with Crippen molar-refractivity contribution in [1.29, 1.82) is 0 Å².